The fraction of sp³-hybridized carbons (Fsp3) is 0.417. The van der Waals surface area contributed by atoms with Gasteiger partial charge in [-0.2, -0.15) is 0 Å². The van der Waals surface area contributed by atoms with Crippen LogP contribution in [0.4, 0.5) is 0 Å². The van der Waals surface area contributed by atoms with Gasteiger partial charge in [0, 0.05) is 31.1 Å². The van der Waals surface area contributed by atoms with Gasteiger partial charge in [0.25, 0.3) is 5.91 Å². The summed E-state index contributed by atoms with van der Waals surface area (Å²) in [6.45, 7) is 4.06. The molecule has 2 aliphatic heterocycles. The summed E-state index contributed by atoms with van der Waals surface area (Å²) in [5.74, 6) is 2.11. The van der Waals surface area contributed by atoms with E-state index in [-0.39, 0.29) is 24.6 Å². The van der Waals surface area contributed by atoms with Gasteiger partial charge < -0.3 is 24.4 Å². The highest BCUT2D eigenvalue weighted by Gasteiger charge is 2.24. The maximum absolute atomic E-state index is 12.5. The molecule has 1 fully saturated rings. The number of likely N-dealkylation sites (tertiary alicyclic amines) is 1. The number of amides is 2. The van der Waals surface area contributed by atoms with Crippen molar-refractivity contribution in [2.24, 2.45) is 0 Å². The highest BCUT2D eigenvalue weighted by Crippen LogP contribution is 2.32. The zero-order valence-corrected chi connectivity index (χ0v) is 17.8. The Kier molecular flexibility index (Phi) is 6.60. The van der Waals surface area contributed by atoms with Crippen molar-refractivity contribution in [1.82, 2.24) is 10.2 Å². The molecule has 1 saturated heterocycles. The summed E-state index contributed by atoms with van der Waals surface area (Å²) >= 11 is 0. The van der Waals surface area contributed by atoms with Crippen LogP contribution in [0.25, 0.3) is 0 Å². The minimum atomic E-state index is -0.128. The number of hydrogen-bond donors (Lipinski definition) is 1. The molecule has 0 bridgehead atoms. The third-order valence-electron chi connectivity index (χ3n) is 5.64. The van der Waals surface area contributed by atoms with Crippen molar-refractivity contribution in [1.29, 1.82) is 0 Å². The molecule has 0 saturated carbocycles. The van der Waals surface area contributed by atoms with Gasteiger partial charge in [0.15, 0.2) is 11.5 Å². The van der Waals surface area contributed by atoms with E-state index in [2.05, 4.69) is 5.32 Å². The first-order chi connectivity index (χ1) is 15.1. The lowest BCUT2D eigenvalue weighted by molar-refractivity contribution is -0.132. The molecule has 2 aromatic carbocycles. The summed E-state index contributed by atoms with van der Waals surface area (Å²) < 4.78 is 16.3. The van der Waals surface area contributed by atoms with E-state index in [1.807, 2.05) is 36.1 Å². The zero-order chi connectivity index (χ0) is 21.6. The predicted molar refractivity (Wildman–Crippen MR) is 116 cm³/mol. The van der Waals surface area contributed by atoms with Gasteiger partial charge in [0.05, 0.1) is 6.61 Å². The highest BCUT2D eigenvalue weighted by atomic mass is 16.7. The van der Waals surface area contributed by atoms with Crippen LogP contribution >= 0.6 is 0 Å². The van der Waals surface area contributed by atoms with Gasteiger partial charge in [-0.05, 0) is 56.5 Å². The molecular weight excluding hydrogens is 396 g/mol. The van der Waals surface area contributed by atoms with Gasteiger partial charge in [0.1, 0.15) is 5.75 Å². The van der Waals surface area contributed by atoms with E-state index in [1.165, 1.54) is 5.56 Å². The predicted octanol–water partition coefficient (Wildman–Crippen LogP) is 3.30. The van der Waals surface area contributed by atoms with Crippen LogP contribution in [0.1, 0.15) is 41.6 Å². The molecule has 0 unspecified atom stereocenters. The van der Waals surface area contributed by atoms with Crippen LogP contribution in [0.3, 0.4) is 0 Å². The molecule has 0 aliphatic carbocycles. The molecule has 2 amide bonds. The zero-order valence-electron chi connectivity index (χ0n) is 17.8. The Morgan fingerprint density at radius 2 is 1.81 bits per heavy atom. The van der Waals surface area contributed by atoms with Gasteiger partial charge in [-0.25, -0.2) is 0 Å². The number of ether oxygens (including phenoxy) is 3. The van der Waals surface area contributed by atoms with Crippen molar-refractivity contribution < 1.29 is 23.8 Å². The van der Waals surface area contributed by atoms with Crippen LogP contribution in [-0.4, -0.2) is 49.2 Å². The first kappa shape index (κ1) is 21.0. The molecule has 7 nitrogen and oxygen atoms in total. The number of benzene rings is 2. The molecule has 0 spiro atoms. The number of rotatable bonds is 7. The second-order valence-corrected chi connectivity index (χ2v) is 7.96. The molecule has 7 heteroatoms. The molecular formula is C24H28N2O5. The number of fused-ring (bicyclic) bond motifs is 1. The first-order valence-electron chi connectivity index (χ1n) is 10.8. The van der Waals surface area contributed by atoms with E-state index in [9.17, 15) is 9.59 Å². The third kappa shape index (κ3) is 5.48. The molecule has 31 heavy (non-hydrogen) atoms. The average molecular weight is 424 g/mol. The SMILES string of the molecule is Cc1ccc(OCCCC(=O)N2CCC(NC(=O)c3ccc4c(c3)OCO4)CC2)cc1. The summed E-state index contributed by atoms with van der Waals surface area (Å²) in [5, 5.41) is 3.07. The second kappa shape index (κ2) is 9.73. The Labute approximate surface area is 182 Å². The van der Waals surface area contributed by atoms with Crippen LogP contribution in [0.2, 0.25) is 0 Å². The Hall–Kier alpha value is -3.22. The molecule has 2 aromatic rings. The summed E-state index contributed by atoms with van der Waals surface area (Å²) in [4.78, 5) is 26.9. The Morgan fingerprint density at radius 1 is 1.06 bits per heavy atom. The first-order valence-corrected chi connectivity index (χ1v) is 10.8. The Bertz CT molecular complexity index is 920. The van der Waals surface area contributed by atoms with Gasteiger partial charge in [-0.1, -0.05) is 17.7 Å². The highest BCUT2D eigenvalue weighted by molar-refractivity contribution is 5.95. The fourth-order valence-corrected chi connectivity index (χ4v) is 3.79. The van der Waals surface area contributed by atoms with E-state index < -0.39 is 0 Å². The van der Waals surface area contributed by atoms with E-state index in [0.29, 0.717) is 49.6 Å². The van der Waals surface area contributed by atoms with Gasteiger partial charge in [-0.3, -0.25) is 9.59 Å². The summed E-state index contributed by atoms with van der Waals surface area (Å²) in [6, 6.07) is 13.2. The number of nitrogens with one attached hydrogen (secondary N) is 1. The van der Waals surface area contributed by atoms with E-state index in [0.717, 1.165) is 18.6 Å². The van der Waals surface area contributed by atoms with E-state index in [4.69, 9.17) is 14.2 Å². The number of aryl methyl sites for hydroxylation is 1. The molecule has 0 radical (unpaired) electrons. The van der Waals surface area contributed by atoms with Gasteiger partial charge in [0.2, 0.25) is 12.7 Å². The van der Waals surface area contributed by atoms with Crippen LogP contribution in [0.5, 0.6) is 17.2 Å². The third-order valence-corrected chi connectivity index (χ3v) is 5.64. The lowest BCUT2D eigenvalue weighted by Gasteiger charge is -2.32. The van der Waals surface area contributed by atoms with Crippen LogP contribution in [0.15, 0.2) is 42.5 Å². The molecule has 2 heterocycles. The molecule has 0 aromatic heterocycles. The van der Waals surface area contributed by atoms with Crippen molar-refractivity contribution in [3.63, 3.8) is 0 Å². The van der Waals surface area contributed by atoms with Crippen molar-refractivity contribution in [3.8, 4) is 17.2 Å². The monoisotopic (exact) mass is 424 g/mol. The fourth-order valence-electron chi connectivity index (χ4n) is 3.79. The molecule has 164 valence electrons. The number of carbonyl (C=O) groups excluding carboxylic acids is 2. The smallest absolute Gasteiger partial charge is 0.251 e. The van der Waals surface area contributed by atoms with E-state index >= 15 is 0 Å². The van der Waals surface area contributed by atoms with Crippen molar-refractivity contribution in [3.05, 3.63) is 53.6 Å². The van der Waals surface area contributed by atoms with Crippen molar-refractivity contribution in [2.45, 2.75) is 38.6 Å². The molecule has 2 aliphatic rings. The lowest BCUT2D eigenvalue weighted by atomic mass is 10.0. The normalized spacial score (nSPS) is 15.6. The quantitative estimate of drug-likeness (QED) is 0.690. The Morgan fingerprint density at radius 3 is 2.58 bits per heavy atom. The van der Waals surface area contributed by atoms with Gasteiger partial charge in [-0.15, -0.1) is 0 Å². The number of hydrogen-bond acceptors (Lipinski definition) is 5. The van der Waals surface area contributed by atoms with Crippen LogP contribution < -0.4 is 19.5 Å². The minimum absolute atomic E-state index is 0.0619. The average Bonchev–Trinajstić information content (AvgIpc) is 3.26. The lowest BCUT2D eigenvalue weighted by Crippen LogP contribution is -2.46. The maximum atomic E-state index is 12.5. The number of carbonyl (C=O) groups is 2. The Balaban J connectivity index is 1.15. The van der Waals surface area contributed by atoms with Crippen LogP contribution in [0, 0.1) is 6.92 Å². The van der Waals surface area contributed by atoms with Crippen molar-refractivity contribution in [2.75, 3.05) is 26.5 Å². The number of nitrogens with zero attached hydrogens (tertiary/aromatic N) is 1. The summed E-state index contributed by atoms with van der Waals surface area (Å²) in [5.41, 5.74) is 1.74. The summed E-state index contributed by atoms with van der Waals surface area (Å²) in [6.07, 6.45) is 2.66. The number of piperidine rings is 1. The van der Waals surface area contributed by atoms with E-state index in [1.54, 1.807) is 18.2 Å². The van der Waals surface area contributed by atoms with Gasteiger partial charge >= 0.3 is 0 Å². The van der Waals surface area contributed by atoms with Crippen molar-refractivity contribution >= 4 is 11.8 Å². The largest absolute Gasteiger partial charge is 0.494 e. The van der Waals surface area contributed by atoms with Crippen LogP contribution in [-0.2, 0) is 4.79 Å². The molecule has 0 atom stereocenters. The standard InChI is InChI=1S/C24H28N2O5/c1-17-4-7-20(8-5-17)29-14-2-3-23(27)26-12-10-19(11-13-26)25-24(28)18-6-9-21-22(15-18)31-16-30-21/h4-9,15,19H,2-3,10-14,16H2,1H3,(H,25,28). The summed E-state index contributed by atoms with van der Waals surface area (Å²) in [7, 11) is 0. The molecule has 1 N–H and O–H groups in total. The second-order valence-electron chi connectivity index (χ2n) is 7.96. The minimum Gasteiger partial charge on any atom is -0.494 e. The topological polar surface area (TPSA) is 77.1 Å². The maximum Gasteiger partial charge on any atom is 0.251 e. The molecule has 4 rings (SSSR count).